The highest BCUT2D eigenvalue weighted by atomic mass is 16.5. The number of aliphatic hydroxyl groups is 2. The van der Waals surface area contributed by atoms with Crippen LogP contribution in [0.25, 0.3) is 0 Å². The first-order chi connectivity index (χ1) is 15.9. The van der Waals surface area contributed by atoms with Crippen LogP contribution in [0.1, 0.15) is 30.8 Å². The van der Waals surface area contributed by atoms with Gasteiger partial charge in [-0.05, 0) is 32.4 Å². The van der Waals surface area contributed by atoms with Crippen LogP contribution in [0.3, 0.4) is 0 Å². The molecule has 0 unspecified atom stereocenters. The number of anilines is 3. The van der Waals surface area contributed by atoms with Crippen LogP contribution in [-0.2, 0) is 0 Å². The molecule has 0 radical (unpaired) electrons. The Labute approximate surface area is 190 Å². The number of pyridine rings is 1. The van der Waals surface area contributed by atoms with E-state index in [9.17, 15) is 14.7 Å². The Morgan fingerprint density at radius 2 is 2.09 bits per heavy atom. The lowest BCUT2D eigenvalue weighted by Gasteiger charge is -2.35. The maximum atomic E-state index is 13.2. The smallest absolute Gasteiger partial charge is 0.329 e. The van der Waals surface area contributed by atoms with Gasteiger partial charge in [-0.1, -0.05) is 0 Å². The van der Waals surface area contributed by atoms with Crippen LogP contribution in [0.15, 0.2) is 24.5 Å². The van der Waals surface area contributed by atoms with Crippen molar-refractivity contribution in [2.75, 3.05) is 41.4 Å². The highest BCUT2D eigenvalue weighted by Gasteiger charge is 2.40. The summed E-state index contributed by atoms with van der Waals surface area (Å²) in [5, 5.41) is 23.7. The molecule has 33 heavy (non-hydrogen) atoms. The number of hydrogen-bond acceptors (Lipinski definition) is 9. The number of hydrogen-bond donors (Lipinski definition) is 4. The van der Waals surface area contributed by atoms with E-state index in [1.54, 1.807) is 11.0 Å². The molecule has 2 aliphatic rings. The largest absolute Gasteiger partial charge is 0.474 e. The van der Waals surface area contributed by atoms with E-state index in [4.69, 9.17) is 9.84 Å². The molecule has 12 nitrogen and oxygen atoms in total. The van der Waals surface area contributed by atoms with Crippen LogP contribution in [0.2, 0.25) is 0 Å². The number of aromatic nitrogens is 3. The number of fused-ring (bicyclic) bond motifs is 4. The number of rotatable bonds is 7. The van der Waals surface area contributed by atoms with E-state index in [0.717, 1.165) is 18.7 Å². The van der Waals surface area contributed by atoms with Gasteiger partial charge in [0.05, 0.1) is 30.7 Å². The van der Waals surface area contributed by atoms with Crippen molar-refractivity contribution in [1.29, 1.82) is 0 Å². The molecule has 0 saturated carbocycles. The molecule has 12 heteroatoms. The average Bonchev–Trinajstić information content (AvgIpc) is 3.21. The van der Waals surface area contributed by atoms with Gasteiger partial charge in [-0.2, -0.15) is 0 Å². The highest BCUT2D eigenvalue weighted by Crippen LogP contribution is 2.39. The number of nitrogens with one attached hydrogen (secondary N) is 2. The molecule has 4 N–H and O–H groups in total. The molecular formula is C21H27N7O5. The minimum absolute atomic E-state index is 0.0351. The van der Waals surface area contributed by atoms with Gasteiger partial charge in [-0.3, -0.25) is 15.0 Å². The summed E-state index contributed by atoms with van der Waals surface area (Å²) in [6.45, 7) is 4.67. The summed E-state index contributed by atoms with van der Waals surface area (Å²) in [6, 6.07) is 2.96. The molecule has 1 saturated heterocycles. The molecule has 2 atom stereocenters. The quantitative estimate of drug-likeness (QED) is 0.462. The van der Waals surface area contributed by atoms with Crippen LogP contribution in [0.4, 0.5) is 22.1 Å². The van der Waals surface area contributed by atoms with Crippen molar-refractivity contribution >= 4 is 29.3 Å². The maximum absolute atomic E-state index is 13.2. The molecule has 4 rings (SSSR count). The molecule has 1 fully saturated rings. The van der Waals surface area contributed by atoms with Gasteiger partial charge in [0.15, 0.2) is 11.6 Å². The number of nitrogens with zero attached hydrogens (tertiary/aromatic N) is 5. The molecule has 2 aromatic rings. The third-order valence-corrected chi connectivity index (χ3v) is 5.32. The van der Waals surface area contributed by atoms with E-state index in [1.807, 2.05) is 19.9 Å². The minimum Gasteiger partial charge on any atom is -0.474 e. The van der Waals surface area contributed by atoms with E-state index in [1.165, 1.54) is 12.4 Å². The molecule has 4 heterocycles. The van der Waals surface area contributed by atoms with Gasteiger partial charge in [0.1, 0.15) is 18.4 Å². The summed E-state index contributed by atoms with van der Waals surface area (Å²) in [4.78, 5) is 42.1. The second-order valence-electron chi connectivity index (χ2n) is 8.24. The Morgan fingerprint density at radius 3 is 2.79 bits per heavy atom. The highest BCUT2D eigenvalue weighted by molar-refractivity contribution is 6.04. The van der Waals surface area contributed by atoms with Crippen molar-refractivity contribution in [2.24, 2.45) is 0 Å². The Bertz CT molecular complexity index is 1020. The summed E-state index contributed by atoms with van der Waals surface area (Å²) in [5.41, 5.74) is 1.05. The molecule has 2 aliphatic heterocycles. The first-order valence-corrected chi connectivity index (χ1v) is 10.8. The van der Waals surface area contributed by atoms with Crippen molar-refractivity contribution in [1.82, 2.24) is 20.3 Å². The van der Waals surface area contributed by atoms with Gasteiger partial charge in [-0.15, -0.1) is 0 Å². The van der Waals surface area contributed by atoms with Gasteiger partial charge in [-0.25, -0.2) is 19.7 Å². The van der Waals surface area contributed by atoms with Gasteiger partial charge in [0.25, 0.3) is 5.91 Å². The average molecular weight is 457 g/mol. The van der Waals surface area contributed by atoms with Crippen molar-refractivity contribution in [2.45, 2.75) is 38.5 Å². The van der Waals surface area contributed by atoms with E-state index < -0.39 is 18.7 Å². The van der Waals surface area contributed by atoms with E-state index in [0.29, 0.717) is 12.4 Å². The normalized spacial score (nSPS) is 17.5. The predicted molar refractivity (Wildman–Crippen MR) is 120 cm³/mol. The molecular weight excluding hydrogens is 430 g/mol. The zero-order valence-electron chi connectivity index (χ0n) is 18.4. The Kier molecular flexibility index (Phi) is 6.56. The second kappa shape index (κ2) is 9.55. The van der Waals surface area contributed by atoms with Crippen LogP contribution >= 0.6 is 0 Å². The molecule has 0 aromatic carbocycles. The fraction of sp³-hybridized carbons (Fsp3) is 0.476. The van der Waals surface area contributed by atoms with E-state index >= 15 is 0 Å². The Balaban J connectivity index is 1.52. The molecule has 176 valence electrons. The zero-order valence-corrected chi connectivity index (χ0v) is 18.4. The molecule has 0 spiro atoms. The predicted octanol–water partition coefficient (Wildman–Crippen LogP) is 0.373. The summed E-state index contributed by atoms with van der Waals surface area (Å²) in [7, 11) is 0. The van der Waals surface area contributed by atoms with Crippen LogP contribution in [-0.4, -0.2) is 81.6 Å². The van der Waals surface area contributed by atoms with Crippen LogP contribution in [0, 0.1) is 0 Å². The number of urea groups is 1. The number of ether oxygens (including phenoxy) is 1. The lowest BCUT2D eigenvalue weighted by molar-refractivity contribution is 0.0520. The fourth-order valence-corrected chi connectivity index (χ4v) is 3.79. The summed E-state index contributed by atoms with van der Waals surface area (Å²) in [6.07, 6.45) is 2.41. The van der Waals surface area contributed by atoms with E-state index in [-0.39, 0.29) is 42.0 Å². The SMILES string of the molecule is CC(C)NC(=O)c1ccc2c(n1)N(C(=O)Nc1cnc(OC[C@H](O)CO)cn1)[C@H]1CCN2C1. The zero-order chi connectivity index (χ0) is 23.5. The van der Waals surface area contributed by atoms with Gasteiger partial charge < -0.3 is 25.2 Å². The minimum atomic E-state index is -1.02. The Hall–Kier alpha value is -3.51. The summed E-state index contributed by atoms with van der Waals surface area (Å²) >= 11 is 0. The molecule has 0 aliphatic carbocycles. The third kappa shape index (κ3) is 4.96. The molecule has 2 aromatic heterocycles. The standard InChI is InChI=1S/C21H27N7O5/c1-12(2)24-20(31)15-3-4-16-19(25-15)28(13-5-6-27(16)9-13)21(32)26-17-7-23-18(8-22-17)33-11-14(30)10-29/h3-4,7-8,12-14,29-30H,5-6,9-11H2,1-2H3,(H,24,31)(H,22,26,32)/t13-,14+/m0/s1. The first kappa shape index (κ1) is 22.7. The number of amides is 3. The van der Waals surface area contributed by atoms with Gasteiger partial charge >= 0.3 is 6.03 Å². The van der Waals surface area contributed by atoms with Gasteiger partial charge in [0.2, 0.25) is 5.88 Å². The van der Waals surface area contributed by atoms with Crippen molar-refractivity contribution < 1.29 is 24.5 Å². The first-order valence-electron chi connectivity index (χ1n) is 10.8. The number of carbonyl (C=O) groups excluding carboxylic acids is 2. The summed E-state index contributed by atoms with van der Waals surface area (Å²) < 4.78 is 5.22. The number of aliphatic hydroxyl groups excluding tert-OH is 2. The van der Waals surface area contributed by atoms with Crippen LogP contribution < -0.4 is 25.2 Å². The van der Waals surface area contributed by atoms with Crippen LogP contribution in [0.5, 0.6) is 5.88 Å². The lowest BCUT2D eigenvalue weighted by atomic mass is 10.1. The monoisotopic (exact) mass is 457 g/mol. The molecule has 3 amide bonds. The van der Waals surface area contributed by atoms with Crippen molar-refractivity contribution in [3.05, 3.63) is 30.2 Å². The fourth-order valence-electron chi connectivity index (χ4n) is 3.79. The maximum Gasteiger partial charge on any atom is 0.329 e. The number of carbonyl (C=O) groups is 2. The summed E-state index contributed by atoms with van der Waals surface area (Å²) in [5.74, 6) is 0.501. The topological polar surface area (TPSA) is 153 Å². The Morgan fingerprint density at radius 1 is 1.27 bits per heavy atom. The van der Waals surface area contributed by atoms with E-state index in [2.05, 4.69) is 30.5 Å². The van der Waals surface area contributed by atoms with Crippen molar-refractivity contribution in [3.8, 4) is 5.88 Å². The lowest BCUT2D eigenvalue weighted by Crippen LogP contribution is -2.48. The van der Waals surface area contributed by atoms with Gasteiger partial charge in [0, 0.05) is 19.1 Å². The second-order valence-corrected chi connectivity index (χ2v) is 8.24. The van der Waals surface area contributed by atoms with Crippen molar-refractivity contribution in [3.63, 3.8) is 0 Å². The molecule has 2 bridgehead atoms. The third-order valence-electron chi connectivity index (χ3n) is 5.32.